The molecular formula is C16H25NO2. The molecule has 1 aliphatic rings. The summed E-state index contributed by atoms with van der Waals surface area (Å²) in [4.78, 5) is 2.35. The minimum absolute atomic E-state index is 0.345. The standard InChI is InChI=1S/C16H25NO2/c1-3-16(18)13-7-9-14(10-8-13)17(4-2)12-15-6-5-11-19-15/h7-10,15-16,18H,3-6,11-12H2,1-2H3. The number of aliphatic hydroxyl groups excluding tert-OH is 1. The van der Waals surface area contributed by atoms with Crippen LogP contribution in [-0.2, 0) is 4.74 Å². The third-order valence-electron chi connectivity index (χ3n) is 3.86. The van der Waals surface area contributed by atoms with E-state index in [1.807, 2.05) is 19.1 Å². The Balaban J connectivity index is 2.01. The maximum absolute atomic E-state index is 9.81. The summed E-state index contributed by atoms with van der Waals surface area (Å²) in [6.07, 6.45) is 3.14. The highest BCUT2D eigenvalue weighted by Crippen LogP contribution is 2.22. The van der Waals surface area contributed by atoms with Gasteiger partial charge in [-0.2, -0.15) is 0 Å². The number of ether oxygens (including phenoxy) is 1. The van der Waals surface area contributed by atoms with Crippen LogP contribution in [0.2, 0.25) is 0 Å². The molecule has 2 rings (SSSR count). The average molecular weight is 263 g/mol. The third kappa shape index (κ3) is 3.71. The Morgan fingerprint density at radius 3 is 2.58 bits per heavy atom. The Morgan fingerprint density at radius 2 is 2.05 bits per heavy atom. The van der Waals surface area contributed by atoms with Crippen molar-refractivity contribution in [2.45, 2.75) is 45.3 Å². The van der Waals surface area contributed by atoms with E-state index in [9.17, 15) is 5.11 Å². The van der Waals surface area contributed by atoms with E-state index in [1.165, 1.54) is 18.5 Å². The number of likely N-dealkylation sites (N-methyl/N-ethyl adjacent to an activating group) is 1. The number of anilines is 1. The zero-order valence-electron chi connectivity index (χ0n) is 12.0. The van der Waals surface area contributed by atoms with E-state index in [0.717, 1.165) is 31.7 Å². The summed E-state index contributed by atoms with van der Waals surface area (Å²) in [6.45, 7) is 7.02. The highest BCUT2D eigenvalue weighted by atomic mass is 16.5. The van der Waals surface area contributed by atoms with Gasteiger partial charge in [0.15, 0.2) is 0 Å². The normalized spacial score (nSPS) is 20.5. The predicted molar refractivity (Wildman–Crippen MR) is 78.6 cm³/mol. The summed E-state index contributed by atoms with van der Waals surface area (Å²) < 4.78 is 5.70. The molecule has 0 radical (unpaired) electrons. The molecule has 0 spiro atoms. The first-order chi connectivity index (χ1) is 9.24. The molecule has 1 aromatic rings. The monoisotopic (exact) mass is 263 g/mol. The quantitative estimate of drug-likeness (QED) is 0.856. The molecule has 1 aromatic carbocycles. The molecule has 2 unspecified atom stereocenters. The van der Waals surface area contributed by atoms with Gasteiger partial charge in [0.1, 0.15) is 0 Å². The lowest BCUT2D eigenvalue weighted by atomic mass is 10.1. The lowest BCUT2D eigenvalue weighted by Crippen LogP contribution is -2.31. The third-order valence-corrected chi connectivity index (χ3v) is 3.86. The number of benzene rings is 1. The van der Waals surface area contributed by atoms with Crippen LogP contribution in [0.4, 0.5) is 5.69 Å². The second kappa shape index (κ2) is 6.92. The molecule has 1 heterocycles. The highest BCUT2D eigenvalue weighted by Gasteiger charge is 2.18. The molecule has 0 amide bonds. The molecule has 19 heavy (non-hydrogen) atoms. The van der Waals surface area contributed by atoms with Crippen LogP contribution in [0.1, 0.15) is 44.8 Å². The van der Waals surface area contributed by atoms with E-state index in [0.29, 0.717) is 6.10 Å². The fraction of sp³-hybridized carbons (Fsp3) is 0.625. The smallest absolute Gasteiger partial charge is 0.0787 e. The number of hydrogen-bond donors (Lipinski definition) is 1. The van der Waals surface area contributed by atoms with Crippen LogP contribution in [0.5, 0.6) is 0 Å². The van der Waals surface area contributed by atoms with Crippen LogP contribution < -0.4 is 4.90 Å². The second-order valence-electron chi connectivity index (χ2n) is 5.19. The largest absolute Gasteiger partial charge is 0.388 e. The van der Waals surface area contributed by atoms with E-state index in [1.54, 1.807) is 0 Å². The van der Waals surface area contributed by atoms with Gasteiger partial charge in [-0.3, -0.25) is 0 Å². The van der Waals surface area contributed by atoms with Gasteiger partial charge in [-0.15, -0.1) is 0 Å². The summed E-state index contributed by atoms with van der Waals surface area (Å²) in [5.41, 5.74) is 2.21. The fourth-order valence-electron chi connectivity index (χ4n) is 2.59. The molecule has 106 valence electrons. The minimum atomic E-state index is -0.345. The number of hydrogen-bond acceptors (Lipinski definition) is 3. The van der Waals surface area contributed by atoms with E-state index in [4.69, 9.17) is 4.74 Å². The number of aliphatic hydroxyl groups is 1. The zero-order chi connectivity index (χ0) is 13.7. The first-order valence-corrected chi connectivity index (χ1v) is 7.39. The van der Waals surface area contributed by atoms with Gasteiger partial charge in [-0.05, 0) is 43.9 Å². The van der Waals surface area contributed by atoms with E-state index in [2.05, 4.69) is 24.0 Å². The molecule has 1 fully saturated rings. The Bertz CT molecular complexity index is 371. The summed E-state index contributed by atoms with van der Waals surface area (Å²) in [7, 11) is 0. The lowest BCUT2D eigenvalue weighted by Gasteiger charge is -2.26. The van der Waals surface area contributed by atoms with E-state index in [-0.39, 0.29) is 6.10 Å². The highest BCUT2D eigenvalue weighted by molar-refractivity contribution is 5.48. The Morgan fingerprint density at radius 1 is 1.32 bits per heavy atom. The number of rotatable bonds is 6. The van der Waals surface area contributed by atoms with Crippen LogP contribution >= 0.6 is 0 Å². The van der Waals surface area contributed by atoms with E-state index < -0.39 is 0 Å². The van der Waals surface area contributed by atoms with Crippen molar-refractivity contribution in [3.8, 4) is 0 Å². The molecule has 1 saturated heterocycles. The molecule has 1 aliphatic heterocycles. The van der Waals surface area contributed by atoms with Crippen LogP contribution in [-0.4, -0.2) is 30.9 Å². The van der Waals surface area contributed by atoms with Gasteiger partial charge in [-0.1, -0.05) is 19.1 Å². The topological polar surface area (TPSA) is 32.7 Å². The van der Waals surface area contributed by atoms with Gasteiger partial charge < -0.3 is 14.7 Å². The first-order valence-electron chi connectivity index (χ1n) is 7.39. The van der Waals surface area contributed by atoms with Gasteiger partial charge in [0.05, 0.1) is 12.2 Å². The van der Waals surface area contributed by atoms with Crippen LogP contribution in [0, 0.1) is 0 Å². The summed E-state index contributed by atoms with van der Waals surface area (Å²) in [5.74, 6) is 0. The van der Waals surface area contributed by atoms with Crippen molar-refractivity contribution in [3.05, 3.63) is 29.8 Å². The number of nitrogens with zero attached hydrogens (tertiary/aromatic N) is 1. The molecule has 2 atom stereocenters. The van der Waals surface area contributed by atoms with E-state index >= 15 is 0 Å². The van der Waals surface area contributed by atoms with Gasteiger partial charge in [-0.25, -0.2) is 0 Å². The van der Waals surface area contributed by atoms with Crippen LogP contribution in [0.3, 0.4) is 0 Å². The Labute approximate surface area is 116 Å². The van der Waals surface area contributed by atoms with Gasteiger partial charge in [0.2, 0.25) is 0 Å². The van der Waals surface area contributed by atoms with Gasteiger partial charge >= 0.3 is 0 Å². The summed E-state index contributed by atoms with van der Waals surface area (Å²) in [6, 6.07) is 8.27. The van der Waals surface area contributed by atoms with Crippen molar-refractivity contribution in [1.82, 2.24) is 0 Å². The van der Waals surface area contributed by atoms with Gasteiger partial charge in [0, 0.05) is 25.4 Å². The average Bonchev–Trinajstić information content (AvgIpc) is 2.97. The molecule has 3 nitrogen and oxygen atoms in total. The van der Waals surface area contributed by atoms with Crippen molar-refractivity contribution in [1.29, 1.82) is 0 Å². The fourth-order valence-corrected chi connectivity index (χ4v) is 2.59. The summed E-state index contributed by atoms with van der Waals surface area (Å²) in [5, 5.41) is 9.81. The molecule has 0 bridgehead atoms. The first kappa shape index (κ1) is 14.4. The maximum Gasteiger partial charge on any atom is 0.0787 e. The Hall–Kier alpha value is -1.06. The van der Waals surface area contributed by atoms with Crippen molar-refractivity contribution >= 4 is 5.69 Å². The van der Waals surface area contributed by atoms with Crippen LogP contribution in [0.15, 0.2) is 24.3 Å². The molecule has 0 aromatic heterocycles. The summed E-state index contributed by atoms with van der Waals surface area (Å²) >= 11 is 0. The van der Waals surface area contributed by atoms with Crippen LogP contribution in [0.25, 0.3) is 0 Å². The van der Waals surface area contributed by atoms with Crippen molar-refractivity contribution in [3.63, 3.8) is 0 Å². The van der Waals surface area contributed by atoms with Crippen molar-refractivity contribution in [2.75, 3.05) is 24.6 Å². The molecule has 0 aliphatic carbocycles. The maximum atomic E-state index is 9.81. The molecule has 0 saturated carbocycles. The SMILES string of the molecule is CCC(O)c1ccc(N(CC)CC2CCCO2)cc1. The zero-order valence-corrected chi connectivity index (χ0v) is 12.0. The molecule has 1 N–H and O–H groups in total. The van der Waals surface area contributed by atoms with Crippen molar-refractivity contribution in [2.24, 2.45) is 0 Å². The minimum Gasteiger partial charge on any atom is -0.388 e. The van der Waals surface area contributed by atoms with Gasteiger partial charge in [0.25, 0.3) is 0 Å². The van der Waals surface area contributed by atoms with Crippen molar-refractivity contribution < 1.29 is 9.84 Å². The second-order valence-corrected chi connectivity index (χ2v) is 5.19. The molecular weight excluding hydrogens is 238 g/mol. The lowest BCUT2D eigenvalue weighted by molar-refractivity contribution is 0.115. The molecule has 3 heteroatoms. The predicted octanol–water partition coefficient (Wildman–Crippen LogP) is 3.14. The Kier molecular flexibility index (Phi) is 5.23.